The van der Waals surface area contributed by atoms with E-state index in [0.717, 1.165) is 44.2 Å². The number of carbonyl (C=O) groups excluding carboxylic acids is 2. The molecule has 2 aromatic rings. The summed E-state index contributed by atoms with van der Waals surface area (Å²) in [6.45, 7) is 2.48. The normalized spacial score (nSPS) is 21.0. The summed E-state index contributed by atoms with van der Waals surface area (Å²) < 4.78 is 5.86. The fraction of sp³-hybridized carbons (Fsp3) is 0.577. The molecule has 1 aliphatic heterocycles. The number of oxazole rings is 1. The Hall–Kier alpha value is -2.67. The lowest BCUT2D eigenvalue weighted by Gasteiger charge is -2.34. The van der Waals surface area contributed by atoms with Gasteiger partial charge >= 0.3 is 0 Å². The van der Waals surface area contributed by atoms with E-state index in [1.165, 1.54) is 12.0 Å². The summed E-state index contributed by atoms with van der Waals surface area (Å²) in [5, 5.41) is 6.06. The number of amides is 2. The predicted molar refractivity (Wildman–Crippen MR) is 126 cm³/mol. The average Bonchev–Trinajstić information content (AvgIpc) is 3.52. The minimum Gasteiger partial charge on any atom is -0.446 e. The van der Waals surface area contributed by atoms with Gasteiger partial charge in [0.1, 0.15) is 18.3 Å². The summed E-state index contributed by atoms with van der Waals surface area (Å²) in [5.74, 6) is 0.658. The SMILES string of the molecule is CN[C@@H](C)C(=O)NC(C(=O)N1CCC[C@H]1c1nc(Cc2ccccc2)co1)C1CCCCC1. The monoisotopic (exact) mass is 452 g/mol. The fourth-order valence-corrected chi connectivity index (χ4v) is 5.09. The van der Waals surface area contributed by atoms with Crippen LogP contribution in [-0.2, 0) is 16.0 Å². The van der Waals surface area contributed by atoms with Gasteiger partial charge in [0.15, 0.2) is 0 Å². The van der Waals surface area contributed by atoms with Crippen LogP contribution < -0.4 is 10.6 Å². The van der Waals surface area contributed by atoms with Crippen molar-refractivity contribution >= 4 is 11.8 Å². The second kappa shape index (κ2) is 11.0. The first kappa shape index (κ1) is 23.5. The molecule has 1 aliphatic carbocycles. The third kappa shape index (κ3) is 5.64. The number of likely N-dealkylation sites (tertiary alicyclic amines) is 1. The number of aromatic nitrogens is 1. The Bertz CT molecular complexity index is 923. The maximum Gasteiger partial charge on any atom is 0.246 e. The van der Waals surface area contributed by atoms with Crippen molar-refractivity contribution in [3.05, 3.63) is 53.7 Å². The lowest BCUT2D eigenvalue weighted by molar-refractivity contribution is -0.140. The van der Waals surface area contributed by atoms with Crippen LogP contribution in [0, 0.1) is 5.92 Å². The summed E-state index contributed by atoms with van der Waals surface area (Å²) in [6.07, 6.45) is 9.51. The molecule has 1 saturated heterocycles. The van der Waals surface area contributed by atoms with Gasteiger partial charge in [0.2, 0.25) is 17.7 Å². The zero-order valence-electron chi connectivity index (χ0n) is 19.8. The van der Waals surface area contributed by atoms with Crippen molar-refractivity contribution in [1.82, 2.24) is 20.5 Å². The molecular weight excluding hydrogens is 416 g/mol. The molecule has 1 saturated carbocycles. The minimum atomic E-state index is -0.493. The van der Waals surface area contributed by atoms with E-state index in [1.807, 2.05) is 30.0 Å². The highest BCUT2D eigenvalue weighted by atomic mass is 16.3. The van der Waals surface area contributed by atoms with Crippen LogP contribution in [-0.4, -0.2) is 47.4 Å². The van der Waals surface area contributed by atoms with E-state index in [1.54, 1.807) is 13.3 Å². The first-order valence-corrected chi connectivity index (χ1v) is 12.3. The van der Waals surface area contributed by atoms with Gasteiger partial charge in [-0.3, -0.25) is 9.59 Å². The molecule has 1 aromatic heterocycles. The molecule has 33 heavy (non-hydrogen) atoms. The maximum absolute atomic E-state index is 13.8. The quantitative estimate of drug-likeness (QED) is 0.639. The lowest BCUT2D eigenvalue weighted by Crippen LogP contribution is -2.55. The van der Waals surface area contributed by atoms with E-state index in [-0.39, 0.29) is 29.8 Å². The van der Waals surface area contributed by atoms with E-state index in [4.69, 9.17) is 9.40 Å². The summed E-state index contributed by atoms with van der Waals surface area (Å²) in [4.78, 5) is 33.1. The molecule has 4 rings (SSSR count). The van der Waals surface area contributed by atoms with Crippen LogP contribution in [0.25, 0.3) is 0 Å². The van der Waals surface area contributed by atoms with Crippen LogP contribution in [0.5, 0.6) is 0 Å². The highest BCUT2D eigenvalue weighted by molar-refractivity contribution is 5.90. The van der Waals surface area contributed by atoms with Crippen LogP contribution in [0.1, 0.15) is 75.1 Å². The van der Waals surface area contributed by atoms with Crippen molar-refractivity contribution in [2.24, 2.45) is 5.92 Å². The fourth-order valence-electron chi connectivity index (χ4n) is 5.09. The molecule has 2 heterocycles. The Morgan fingerprint density at radius 2 is 1.88 bits per heavy atom. The van der Waals surface area contributed by atoms with Crippen LogP contribution in [0.3, 0.4) is 0 Å². The zero-order valence-corrected chi connectivity index (χ0v) is 19.8. The highest BCUT2D eigenvalue weighted by Gasteiger charge is 2.40. The van der Waals surface area contributed by atoms with E-state index in [0.29, 0.717) is 18.9 Å². The summed E-state index contributed by atoms with van der Waals surface area (Å²) in [5.41, 5.74) is 2.05. The number of carbonyl (C=O) groups is 2. The van der Waals surface area contributed by atoms with Gasteiger partial charge in [-0.1, -0.05) is 49.6 Å². The van der Waals surface area contributed by atoms with E-state index in [9.17, 15) is 9.59 Å². The van der Waals surface area contributed by atoms with Gasteiger partial charge in [-0.2, -0.15) is 0 Å². The third-order valence-electron chi connectivity index (χ3n) is 7.13. The van der Waals surface area contributed by atoms with Crippen molar-refractivity contribution in [1.29, 1.82) is 0 Å². The second-order valence-corrected chi connectivity index (χ2v) is 9.42. The van der Waals surface area contributed by atoms with Gasteiger partial charge in [0, 0.05) is 13.0 Å². The van der Waals surface area contributed by atoms with Crippen LogP contribution in [0.15, 0.2) is 41.0 Å². The van der Waals surface area contributed by atoms with Gasteiger partial charge in [-0.05, 0) is 51.1 Å². The van der Waals surface area contributed by atoms with E-state index < -0.39 is 6.04 Å². The molecule has 2 N–H and O–H groups in total. The van der Waals surface area contributed by atoms with Crippen molar-refractivity contribution in [2.75, 3.05) is 13.6 Å². The second-order valence-electron chi connectivity index (χ2n) is 9.42. The van der Waals surface area contributed by atoms with Gasteiger partial charge in [-0.25, -0.2) is 4.98 Å². The minimum absolute atomic E-state index is 0.00358. The van der Waals surface area contributed by atoms with Gasteiger partial charge in [-0.15, -0.1) is 0 Å². The van der Waals surface area contributed by atoms with Gasteiger partial charge in [0.25, 0.3) is 0 Å². The number of hydrogen-bond donors (Lipinski definition) is 2. The van der Waals surface area contributed by atoms with Crippen molar-refractivity contribution in [3.63, 3.8) is 0 Å². The standard InChI is InChI=1S/C26H36N4O3/c1-18(27-2)24(31)29-23(20-12-7-4-8-13-20)26(32)30-15-9-14-22(30)25-28-21(17-33-25)16-19-10-5-3-6-11-19/h3,5-6,10-11,17-18,20,22-23,27H,4,7-9,12-16H2,1-2H3,(H,29,31)/t18-,22-,23?/m0/s1. The molecule has 0 bridgehead atoms. The highest BCUT2D eigenvalue weighted by Crippen LogP contribution is 2.35. The van der Waals surface area contributed by atoms with E-state index in [2.05, 4.69) is 22.8 Å². The number of nitrogens with zero attached hydrogens (tertiary/aromatic N) is 2. The molecule has 178 valence electrons. The van der Waals surface area contributed by atoms with Crippen LogP contribution in [0.2, 0.25) is 0 Å². The summed E-state index contributed by atoms with van der Waals surface area (Å²) in [6, 6.07) is 9.17. The van der Waals surface area contributed by atoms with Gasteiger partial charge in [0.05, 0.1) is 11.7 Å². The van der Waals surface area contributed by atoms with Crippen molar-refractivity contribution in [3.8, 4) is 0 Å². The molecule has 7 heteroatoms. The first-order valence-electron chi connectivity index (χ1n) is 12.3. The molecule has 1 unspecified atom stereocenters. The summed E-state index contributed by atoms with van der Waals surface area (Å²) >= 11 is 0. The predicted octanol–water partition coefficient (Wildman–Crippen LogP) is 3.60. The molecule has 2 amide bonds. The number of benzene rings is 1. The molecule has 2 aliphatic rings. The zero-order chi connectivity index (χ0) is 23.2. The van der Waals surface area contributed by atoms with E-state index >= 15 is 0 Å². The molecule has 0 spiro atoms. The largest absolute Gasteiger partial charge is 0.446 e. The van der Waals surface area contributed by atoms with Gasteiger partial charge < -0.3 is 20.0 Å². The number of rotatable bonds is 8. The van der Waals surface area contributed by atoms with Crippen molar-refractivity contribution in [2.45, 2.75) is 76.4 Å². The third-order valence-corrected chi connectivity index (χ3v) is 7.13. The summed E-state index contributed by atoms with van der Waals surface area (Å²) in [7, 11) is 1.76. The lowest BCUT2D eigenvalue weighted by atomic mass is 9.83. The molecular formula is C26H36N4O3. The topological polar surface area (TPSA) is 87.5 Å². The van der Waals surface area contributed by atoms with Crippen LogP contribution >= 0.6 is 0 Å². The Morgan fingerprint density at radius 3 is 2.61 bits per heavy atom. The number of nitrogens with one attached hydrogen (secondary N) is 2. The molecule has 7 nitrogen and oxygen atoms in total. The molecule has 1 aromatic carbocycles. The Balaban J connectivity index is 1.50. The van der Waals surface area contributed by atoms with Crippen LogP contribution in [0.4, 0.5) is 0 Å². The average molecular weight is 453 g/mol. The Kier molecular flexibility index (Phi) is 7.81. The maximum atomic E-state index is 13.8. The number of hydrogen-bond acceptors (Lipinski definition) is 5. The Labute approximate surface area is 196 Å². The molecule has 3 atom stereocenters. The Morgan fingerprint density at radius 1 is 1.12 bits per heavy atom. The number of likely N-dealkylation sites (N-methyl/N-ethyl adjacent to an activating group) is 1. The first-order chi connectivity index (χ1) is 16.1. The smallest absolute Gasteiger partial charge is 0.246 e. The van der Waals surface area contributed by atoms with Crippen molar-refractivity contribution < 1.29 is 14.0 Å². The molecule has 2 fully saturated rings. The molecule has 0 radical (unpaired) electrons.